The maximum Gasteiger partial charge on any atom is 0.252 e. The highest BCUT2D eigenvalue weighted by atomic mass is 16.5. The summed E-state index contributed by atoms with van der Waals surface area (Å²) in [4.78, 5) is 24.3. The number of aromatic amines is 1. The van der Waals surface area contributed by atoms with E-state index in [1.807, 2.05) is 6.07 Å². The Morgan fingerprint density at radius 3 is 2.90 bits per heavy atom. The molecule has 2 fully saturated rings. The first-order chi connectivity index (χ1) is 14.1. The zero-order valence-corrected chi connectivity index (χ0v) is 16.8. The molecule has 1 aromatic heterocycles. The standard InChI is InChI=1S/C21H28N4O4/c1-28-17-4-5-19(26)16(11-17)14-24-6-2-3-15(13-24)18-12-20(27)23-21(22-18)25-7-9-29-10-8-25/h4-5,11-12,15,26H,2-3,6-10,13-14H2,1H3,(H,22,23,27). The van der Waals surface area contributed by atoms with Crippen LogP contribution in [0.5, 0.6) is 11.5 Å². The lowest BCUT2D eigenvalue weighted by Gasteiger charge is -2.33. The van der Waals surface area contributed by atoms with E-state index >= 15 is 0 Å². The molecular formula is C21H28N4O4. The predicted molar refractivity (Wildman–Crippen MR) is 110 cm³/mol. The molecule has 156 valence electrons. The number of hydrogen-bond acceptors (Lipinski definition) is 7. The highest BCUT2D eigenvalue weighted by Gasteiger charge is 2.25. The molecule has 0 spiro atoms. The predicted octanol–water partition coefficient (Wildman–Crippen LogP) is 1.70. The van der Waals surface area contributed by atoms with Gasteiger partial charge in [0.05, 0.1) is 26.0 Å². The number of likely N-dealkylation sites (tertiary alicyclic amines) is 1. The molecule has 2 aromatic rings. The Morgan fingerprint density at radius 2 is 2.10 bits per heavy atom. The van der Waals surface area contributed by atoms with Gasteiger partial charge in [-0.2, -0.15) is 0 Å². The van der Waals surface area contributed by atoms with Gasteiger partial charge < -0.3 is 19.5 Å². The van der Waals surface area contributed by atoms with Gasteiger partial charge >= 0.3 is 0 Å². The van der Waals surface area contributed by atoms with Crippen molar-refractivity contribution in [3.63, 3.8) is 0 Å². The molecule has 2 saturated heterocycles. The Kier molecular flexibility index (Phi) is 6.01. The summed E-state index contributed by atoms with van der Waals surface area (Å²) < 4.78 is 10.7. The molecule has 0 saturated carbocycles. The van der Waals surface area contributed by atoms with Crippen LogP contribution in [0.1, 0.15) is 30.0 Å². The second-order valence-electron chi connectivity index (χ2n) is 7.66. The Hall–Kier alpha value is -2.58. The number of phenolic OH excluding ortho intramolecular Hbond substituents is 1. The number of aromatic nitrogens is 2. The number of H-pyrrole nitrogens is 1. The third-order valence-electron chi connectivity index (χ3n) is 5.66. The summed E-state index contributed by atoms with van der Waals surface area (Å²) in [5, 5.41) is 10.2. The van der Waals surface area contributed by atoms with Crippen LogP contribution in [0.25, 0.3) is 0 Å². The summed E-state index contributed by atoms with van der Waals surface area (Å²) in [5.74, 6) is 1.84. The van der Waals surface area contributed by atoms with Crippen LogP contribution in [-0.2, 0) is 11.3 Å². The Labute approximate surface area is 170 Å². The number of piperidine rings is 1. The lowest BCUT2D eigenvalue weighted by molar-refractivity contribution is 0.122. The van der Waals surface area contributed by atoms with Gasteiger partial charge in [-0.15, -0.1) is 0 Å². The van der Waals surface area contributed by atoms with Gasteiger partial charge in [0.25, 0.3) is 5.56 Å². The molecule has 8 heteroatoms. The molecule has 1 atom stereocenters. The van der Waals surface area contributed by atoms with Crippen LogP contribution in [0.4, 0.5) is 5.95 Å². The fourth-order valence-electron chi connectivity index (χ4n) is 4.09. The molecular weight excluding hydrogens is 372 g/mol. The molecule has 1 aromatic carbocycles. The van der Waals surface area contributed by atoms with Crippen molar-refractivity contribution in [2.24, 2.45) is 0 Å². The molecule has 0 aliphatic carbocycles. The lowest BCUT2D eigenvalue weighted by Crippen LogP contribution is -2.39. The van der Waals surface area contributed by atoms with Crippen LogP contribution in [0, 0.1) is 0 Å². The van der Waals surface area contributed by atoms with Gasteiger partial charge in [-0.25, -0.2) is 4.98 Å². The quantitative estimate of drug-likeness (QED) is 0.789. The third-order valence-corrected chi connectivity index (χ3v) is 5.66. The van der Waals surface area contributed by atoms with E-state index in [1.54, 1.807) is 25.3 Å². The summed E-state index contributed by atoms with van der Waals surface area (Å²) in [6, 6.07) is 6.93. The van der Waals surface area contributed by atoms with Crippen molar-refractivity contribution in [1.82, 2.24) is 14.9 Å². The van der Waals surface area contributed by atoms with Crippen molar-refractivity contribution in [3.05, 3.63) is 45.9 Å². The molecule has 8 nitrogen and oxygen atoms in total. The van der Waals surface area contributed by atoms with Crippen LogP contribution < -0.4 is 15.2 Å². The number of nitrogens with zero attached hydrogens (tertiary/aromatic N) is 3. The van der Waals surface area contributed by atoms with Gasteiger partial charge in [0, 0.05) is 43.7 Å². The third kappa shape index (κ3) is 4.71. The van der Waals surface area contributed by atoms with E-state index in [1.165, 1.54) is 0 Å². The SMILES string of the molecule is COc1ccc(O)c(CN2CCCC(c3cc(=O)[nH]c(N4CCOCC4)n3)C2)c1. The largest absolute Gasteiger partial charge is 0.508 e. The minimum atomic E-state index is -0.112. The van der Waals surface area contributed by atoms with E-state index in [9.17, 15) is 9.90 Å². The lowest BCUT2D eigenvalue weighted by atomic mass is 9.94. The molecule has 4 rings (SSSR count). The van der Waals surface area contributed by atoms with Crippen molar-refractivity contribution >= 4 is 5.95 Å². The molecule has 0 bridgehead atoms. The number of benzene rings is 1. The monoisotopic (exact) mass is 400 g/mol. The van der Waals surface area contributed by atoms with E-state index in [4.69, 9.17) is 14.5 Å². The number of hydrogen-bond donors (Lipinski definition) is 2. The number of rotatable bonds is 5. The van der Waals surface area contributed by atoms with E-state index < -0.39 is 0 Å². The molecule has 3 heterocycles. The number of phenols is 1. The fraction of sp³-hybridized carbons (Fsp3) is 0.524. The highest BCUT2D eigenvalue weighted by molar-refractivity contribution is 5.39. The smallest absolute Gasteiger partial charge is 0.252 e. The summed E-state index contributed by atoms with van der Waals surface area (Å²) in [5.41, 5.74) is 1.58. The topological polar surface area (TPSA) is 90.9 Å². The zero-order valence-electron chi connectivity index (χ0n) is 16.8. The number of anilines is 1. The average Bonchev–Trinajstić information content (AvgIpc) is 2.76. The molecule has 2 N–H and O–H groups in total. The summed E-state index contributed by atoms with van der Waals surface area (Å²) in [6.07, 6.45) is 2.02. The molecule has 1 unspecified atom stereocenters. The normalized spacial score (nSPS) is 20.6. The second-order valence-corrected chi connectivity index (χ2v) is 7.66. The van der Waals surface area contributed by atoms with Crippen molar-refractivity contribution in [2.75, 3.05) is 51.4 Å². The van der Waals surface area contributed by atoms with Gasteiger partial charge in [-0.05, 0) is 37.6 Å². The summed E-state index contributed by atoms with van der Waals surface area (Å²) >= 11 is 0. The average molecular weight is 400 g/mol. The second kappa shape index (κ2) is 8.84. The van der Waals surface area contributed by atoms with Crippen LogP contribution in [0.15, 0.2) is 29.1 Å². The van der Waals surface area contributed by atoms with Crippen molar-refractivity contribution in [1.29, 1.82) is 0 Å². The Bertz CT molecular complexity index is 894. The number of morpholine rings is 1. The first kappa shape index (κ1) is 19.7. The summed E-state index contributed by atoms with van der Waals surface area (Å²) in [7, 11) is 1.62. The van der Waals surface area contributed by atoms with E-state index in [0.29, 0.717) is 25.7 Å². The van der Waals surface area contributed by atoms with E-state index in [2.05, 4.69) is 14.8 Å². The molecule has 2 aliphatic heterocycles. The minimum absolute atomic E-state index is 0.112. The number of methoxy groups -OCH3 is 1. The van der Waals surface area contributed by atoms with Crippen LogP contribution >= 0.6 is 0 Å². The maximum absolute atomic E-state index is 12.3. The molecule has 0 amide bonds. The zero-order chi connectivity index (χ0) is 20.2. The van der Waals surface area contributed by atoms with Gasteiger partial charge in [0.2, 0.25) is 5.95 Å². The van der Waals surface area contributed by atoms with Crippen molar-refractivity contribution in [3.8, 4) is 11.5 Å². The maximum atomic E-state index is 12.3. The molecule has 2 aliphatic rings. The van der Waals surface area contributed by atoms with Gasteiger partial charge in [0.1, 0.15) is 11.5 Å². The minimum Gasteiger partial charge on any atom is -0.508 e. The van der Waals surface area contributed by atoms with Crippen molar-refractivity contribution in [2.45, 2.75) is 25.3 Å². The van der Waals surface area contributed by atoms with E-state index in [-0.39, 0.29) is 17.2 Å². The van der Waals surface area contributed by atoms with Crippen LogP contribution in [-0.4, -0.2) is 66.5 Å². The van der Waals surface area contributed by atoms with E-state index in [0.717, 1.165) is 56.0 Å². The van der Waals surface area contributed by atoms with Gasteiger partial charge in [-0.1, -0.05) is 0 Å². The van der Waals surface area contributed by atoms with Crippen molar-refractivity contribution < 1.29 is 14.6 Å². The van der Waals surface area contributed by atoms with Crippen LogP contribution in [0.3, 0.4) is 0 Å². The number of aromatic hydroxyl groups is 1. The molecule has 0 radical (unpaired) electrons. The first-order valence-electron chi connectivity index (χ1n) is 10.1. The van der Waals surface area contributed by atoms with Gasteiger partial charge in [-0.3, -0.25) is 14.7 Å². The van der Waals surface area contributed by atoms with Gasteiger partial charge in [0.15, 0.2) is 0 Å². The Balaban J connectivity index is 1.50. The summed E-state index contributed by atoms with van der Waals surface area (Å²) in [6.45, 7) is 5.16. The number of ether oxygens (including phenoxy) is 2. The highest BCUT2D eigenvalue weighted by Crippen LogP contribution is 2.29. The van der Waals surface area contributed by atoms with Crippen LogP contribution in [0.2, 0.25) is 0 Å². The Morgan fingerprint density at radius 1 is 1.28 bits per heavy atom. The molecule has 29 heavy (non-hydrogen) atoms. The number of nitrogens with one attached hydrogen (secondary N) is 1. The fourth-order valence-corrected chi connectivity index (χ4v) is 4.09. The first-order valence-corrected chi connectivity index (χ1v) is 10.1.